The SMILES string of the molecule is CCC(CCCCO)[CH](O)[Ti]. The van der Waals surface area contributed by atoms with E-state index in [0.717, 1.165) is 25.7 Å². The van der Waals surface area contributed by atoms with Crippen LogP contribution in [0.1, 0.15) is 32.6 Å². The number of hydrogen-bond donors (Lipinski definition) is 2. The Kier molecular flexibility index (Phi) is 7.71. The molecule has 65 valence electrons. The third-order valence-corrected chi connectivity index (χ3v) is 2.69. The summed E-state index contributed by atoms with van der Waals surface area (Å²) >= 11 is 1.84. The van der Waals surface area contributed by atoms with Gasteiger partial charge in [0.1, 0.15) is 0 Å². The first-order chi connectivity index (χ1) is 5.22. The molecule has 0 aromatic carbocycles. The molecule has 0 aliphatic heterocycles. The Morgan fingerprint density at radius 3 is 2.36 bits per heavy atom. The van der Waals surface area contributed by atoms with Gasteiger partial charge in [0.05, 0.1) is 0 Å². The monoisotopic (exact) mass is 193 g/mol. The topological polar surface area (TPSA) is 40.5 Å². The van der Waals surface area contributed by atoms with Crippen LogP contribution in [0.15, 0.2) is 0 Å². The van der Waals surface area contributed by atoms with Crippen LogP contribution >= 0.6 is 0 Å². The van der Waals surface area contributed by atoms with Crippen molar-refractivity contribution in [1.82, 2.24) is 0 Å². The van der Waals surface area contributed by atoms with Crippen molar-refractivity contribution in [3.63, 3.8) is 0 Å². The predicted molar refractivity (Wildman–Crippen MR) is 40.7 cm³/mol. The average molecular weight is 193 g/mol. The summed E-state index contributed by atoms with van der Waals surface area (Å²) in [6.07, 6.45) is 3.96. The molecule has 0 heterocycles. The molecule has 2 nitrogen and oxygen atoms in total. The van der Waals surface area contributed by atoms with Gasteiger partial charge in [-0.15, -0.1) is 0 Å². The second kappa shape index (κ2) is 7.29. The number of unbranched alkanes of at least 4 members (excludes halogenated alkanes) is 1. The number of aliphatic hydroxyl groups is 2. The molecule has 0 saturated heterocycles. The van der Waals surface area contributed by atoms with Crippen molar-refractivity contribution in [3.05, 3.63) is 0 Å². The Bertz CT molecular complexity index is 86.2. The predicted octanol–water partition coefficient (Wildman–Crippen LogP) is 1.04. The van der Waals surface area contributed by atoms with Crippen LogP contribution in [0.4, 0.5) is 0 Å². The van der Waals surface area contributed by atoms with Crippen molar-refractivity contribution in [2.45, 2.75) is 37.0 Å². The van der Waals surface area contributed by atoms with Gasteiger partial charge in [0.25, 0.3) is 0 Å². The molecule has 3 heteroatoms. The van der Waals surface area contributed by atoms with Crippen LogP contribution in [0.2, 0.25) is 0 Å². The average Bonchev–Trinajstić information content (AvgIpc) is 1.97. The molecule has 0 aliphatic carbocycles. The van der Waals surface area contributed by atoms with Crippen molar-refractivity contribution in [3.8, 4) is 0 Å². The number of rotatable bonds is 6. The zero-order chi connectivity index (χ0) is 8.69. The van der Waals surface area contributed by atoms with Gasteiger partial charge in [-0.3, -0.25) is 0 Å². The van der Waals surface area contributed by atoms with Gasteiger partial charge in [-0.05, 0) is 0 Å². The van der Waals surface area contributed by atoms with E-state index < -0.39 is 0 Å². The van der Waals surface area contributed by atoms with Crippen molar-refractivity contribution < 1.29 is 30.6 Å². The Labute approximate surface area is 80.4 Å². The molecule has 2 N–H and O–H groups in total. The molecule has 2 atom stereocenters. The van der Waals surface area contributed by atoms with E-state index in [1.54, 1.807) is 0 Å². The molecule has 0 spiro atoms. The summed E-state index contributed by atoms with van der Waals surface area (Å²) in [5.41, 5.74) is 0. The molecule has 0 radical (unpaired) electrons. The first kappa shape index (κ1) is 11.6. The van der Waals surface area contributed by atoms with Crippen LogP contribution in [0, 0.1) is 5.92 Å². The minimum absolute atomic E-state index is 0.196. The van der Waals surface area contributed by atoms with E-state index in [1.165, 1.54) is 0 Å². The van der Waals surface area contributed by atoms with Gasteiger partial charge in [0.2, 0.25) is 0 Å². The summed E-state index contributed by atoms with van der Waals surface area (Å²) in [6.45, 7) is 2.37. The Morgan fingerprint density at radius 2 is 2.00 bits per heavy atom. The summed E-state index contributed by atoms with van der Waals surface area (Å²) in [5.74, 6) is 0.418. The van der Waals surface area contributed by atoms with Gasteiger partial charge >= 0.3 is 80.2 Å². The maximum atomic E-state index is 9.25. The molecule has 0 amide bonds. The van der Waals surface area contributed by atoms with Crippen molar-refractivity contribution in [2.24, 2.45) is 5.92 Å². The van der Waals surface area contributed by atoms with Gasteiger partial charge in [-0.2, -0.15) is 0 Å². The third-order valence-electron chi connectivity index (χ3n) is 1.95. The molecular weight excluding hydrogens is 176 g/mol. The van der Waals surface area contributed by atoms with Crippen LogP contribution in [0.5, 0.6) is 0 Å². The molecule has 2 unspecified atom stereocenters. The van der Waals surface area contributed by atoms with Gasteiger partial charge in [-0.25, -0.2) is 0 Å². The fraction of sp³-hybridized carbons (Fsp3) is 1.00. The quantitative estimate of drug-likeness (QED) is 0.488. The van der Waals surface area contributed by atoms with Crippen LogP contribution in [0.25, 0.3) is 0 Å². The van der Waals surface area contributed by atoms with E-state index in [0.29, 0.717) is 5.92 Å². The van der Waals surface area contributed by atoms with Gasteiger partial charge < -0.3 is 0 Å². The third kappa shape index (κ3) is 5.86. The van der Waals surface area contributed by atoms with Crippen molar-refractivity contribution in [1.29, 1.82) is 0 Å². The van der Waals surface area contributed by atoms with Crippen molar-refractivity contribution in [2.75, 3.05) is 6.61 Å². The molecular formula is C8H17O2Ti. The van der Waals surface area contributed by atoms with E-state index in [2.05, 4.69) is 6.92 Å². The summed E-state index contributed by atoms with van der Waals surface area (Å²) in [7, 11) is 0. The van der Waals surface area contributed by atoms with E-state index in [4.69, 9.17) is 5.11 Å². The molecule has 0 saturated carbocycles. The number of aliphatic hydroxyl groups excluding tert-OH is 2. The molecule has 0 aromatic heterocycles. The Hall–Kier alpha value is 0.634. The zero-order valence-electron chi connectivity index (χ0n) is 7.08. The Balaban J connectivity index is 3.36. The summed E-state index contributed by atoms with van der Waals surface area (Å²) in [6, 6.07) is 0. The van der Waals surface area contributed by atoms with E-state index in [1.807, 2.05) is 20.4 Å². The first-order valence-corrected chi connectivity index (χ1v) is 5.12. The molecule has 0 aliphatic rings. The molecule has 0 bridgehead atoms. The summed E-state index contributed by atoms with van der Waals surface area (Å²) in [4.78, 5) is 0. The summed E-state index contributed by atoms with van der Waals surface area (Å²) in [5, 5.41) is 17.8. The second-order valence-electron chi connectivity index (χ2n) is 2.83. The standard InChI is InChI=1S/C8H17O2.Ti/c1-2-8(7-10)5-3-4-6-9;/h7-10H,2-6H2,1H3;. The molecule has 0 rings (SSSR count). The zero-order valence-corrected chi connectivity index (χ0v) is 8.65. The molecule has 0 fully saturated rings. The maximum absolute atomic E-state index is 9.25. The van der Waals surface area contributed by atoms with E-state index in [9.17, 15) is 5.11 Å². The van der Waals surface area contributed by atoms with Crippen LogP contribution in [-0.2, 0) is 20.4 Å². The fourth-order valence-electron chi connectivity index (χ4n) is 1.10. The van der Waals surface area contributed by atoms with Gasteiger partial charge in [-0.1, -0.05) is 0 Å². The number of hydrogen-bond acceptors (Lipinski definition) is 2. The van der Waals surface area contributed by atoms with E-state index in [-0.39, 0.29) is 11.0 Å². The minimum atomic E-state index is -0.196. The Morgan fingerprint density at radius 1 is 1.36 bits per heavy atom. The van der Waals surface area contributed by atoms with Crippen molar-refractivity contribution >= 4 is 0 Å². The molecule has 11 heavy (non-hydrogen) atoms. The van der Waals surface area contributed by atoms with Crippen LogP contribution < -0.4 is 0 Å². The van der Waals surface area contributed by atoms with Crippen LogP contribution in [0.3, 0.4) is 0 Å². The molecule has 0 aromatic rings. The van der Waals surface area contributed by atoms with E-state index >= 15 is 0 Å². The van der Waals surface area contributed by atoms with Gasteiger partial charge in [0, 0.05) is 0 Å². The normalized spacial score (nSPS) is 16.2. The summed E-state index contributed by atoms with van der Waals surface area (Å²) < 4.78 is -0.196. The fourth-order valence-corrected chi connectivity index (χ4v) is 1.73. The van der Waals surface area contributed by atoms with Crippen LogP contribution in [-0.4, -0.2) is 21.2 Å². The first-order valence-electron chi connectivity index (χ1n) is 4.22. The van der Waals surface area contributed by atoms with Gasteiger partial charge in [0.15, 0.2) is 0 Å². The second-order valence-corrected chi connectivity index (χ2v) is 3.76.